The summed E-state index contributed by atoms with van der Waals surface area (Å²) < 4.78 is 0. The van der Waals surface area contributed by atoms with Crippen molar-refractivity contribution in [3.8, 4) is 0 Å². The molecule has 5 heteroatoms. The van der Waals surface area contributed by atoms with Crippen molar-refractivity contribution in [1.82, 2.24) is 0 Å². The van der Waals surface area contributed by atoms with Gasteiger partial charge < -0.3 is 15.9 Å². The maximum Gasteiger partial charge on any atom is 0.321 e. The van der Waals surface area contributed by atoms with Gasteiger partial charge in [-0.05, 0) is 6.42 Å². The van der Waals surface area contributed by atoms with Crippen LogP contribution in [-0.2, 0) is 9.59 Å². The molecule has 4 N–H and O–H groups in total. The molecule has 0 spiro atoms. The van der Waals surface area contributed by atoms with Crippen molar-refractivity contribution in [1.29, 1.82) is 0 Å². The van der Waals surface area contributed by atoms with E-state index in [1.807, 2.05) is 0 Å². The number of carboxylic acid groups (broad SMARTS) is 2. The maximum atomic E-state index is 10.8. The zero-order valence-electron chi connectivity index (χ0n) is 8.98. The summed E-state index contributed by atoms with van der Waals surface area (Å²) in [4.78, 5) is 21.3. The minimum atomic E-state index is -1.30. The van der Waals surface area contributed by atoms with Crippen molar-refractivity contribution < 1.29 is 19.8 Å². The molecule has 0 bridgehead atoms. The molecule has 0 aliphatic carbocycles. The van der Waals surface area contributed by atoms with Crippen molar-refractivity contribution in [2.24, 2.45) is 11.7 Å². The fourth-order valence-corrected chi connectivity index (χ4v) is 1.42. The number of hydrogen-bond donors (Lipinski definition) is 3. The average Bonchev–Trinajstić information content (AvgIpc) is 2.16. The molecule has 5 nitrogen and oxygen atoms in total. The van der Waals surface area contributed by atoms with E-state index < -0.39 is 23.9 Å². The van der Waals surface area contributed by atoms with Crippen molar-refractivity contribution in [3.63, 3.8) is 0 Å². The molecule has 0 fully saturated rings. The van der Waals surface area contributed by atoms with E-state index in [9.17, 15) is 9.59 Å². The van der Waals surface area contributed by atoms with E-state index in [0.717, 1.165) is 19.3 Å². The largest absolute Gasteiger partial charge is 0.481 e. The van der Waals surface area contributed by atoms with E-state index in [-0.39, 0.29) is 0 Å². The summed E-state index contributed by atoms with van der Waals surface area (Å²) in [6.07, 6.45) is 4.07. The van der Waals surface area contributed by atoms with Gasteiger partial charge in [0.2, 0.25) is 0 Å². The third-order valence-corrected chi connectivity index (χ3v) is 2.40. The van der Waals surface area contributed by atoms with Crippen LogP contribution in [0.5, 0.6) is 0 Å². The molecule has 2 atom stereocenters. The number of unbranched alkanes of at least 4 members (excludes halogenated alkanes) is 3. The second-order valence-electron chi connectivity index (χ2n) is 3.66. The molecule has 88 valence electrons. The highest BCUT2D eigenvalue weighted by atomic mass is 16.4. The zero-order valence-corrected chi connectivity index (χ0v) is 8.98. The molecule has 0 rings (SSSR count). The molecular weight excluding hydrogens is 198 g/mol. The van der Waals surface area contributed by atoms with E-state index in [4.69, 9.17) is 15.9 Å². The third-order valence-electron chi connectivity index (χ3n) is 2.40. The Morgan fingerprint density at radius 2 is 1.73 bits per heavy atom. The molecule has 2 unspecified atom stereocenters. The molecule has 0 aliphatic heterocycles. The molecular formula is C10H19NO4. The van der Waals surface area contributed by atoms with Crippen LogP contribution in [-0.4, -0.2) is 28.2 Å². The second-order valence-corrected chi connectivity index (χ2v) is 3.66. The molecule has 0 saturated heterocycles. The number of nitrogens with two attached hydrogens (primary N) is 1. The van der Waals surface area contributed by atoms with Gasteiger partial charge >= 0.3 is 11.9 Å². The minimum absolute atomic E-state index is 0.336. The van der Waals surface area contributed by atoms with Crippen LogP contribution < -0.4 is 5.73 Å². The first-order valence-electron chi connectivity index (χ1n) is 5.21. The summed E-state index contributed by atoms with van der Waals surface area (Å²) in [5.41, 5.74) is 5.30. The minimum Gasteiger partial charge on any atom is -0.481 e. The molecule has 0 aliphatic rings. The number of carboxylic acids is 2. The summed E-state index contributed by atoms with van der Waals surface area (Å²) in [6.45, 7) is 2.05. The summed E-state index contributed by atoms with van der Waals surface area (Å²) in [7, 11) is 0. The lowest BCUT2D eigenvalue weighted by molar-refractivity contribution is -0.150. The lowest BCUT2D eigenvalue weighted by Crippen LogP contribution is -2.41. The van der Waals surface area contributed by atoms with E-state index >= 15 is 0 Å². The molecule has 0 amide bonds. The number of rotatable bonds is 8. The first-order valence-corrected chi connectivity index (χ1v) is 5.21. The Hall–Kier alpha value is -1.10. The number of carbonyl (C=O) groups is 2. The van der Waals surface area contributed by atoms with Gasteiger partial charge in [-0.25, -0.2) is 0 Å². The van der Waals surface area contributed by atoms with Gasteiger partial charge in [-0.3, -0.25) is 9.59 Å². The average molecular weight is 217 g/mol. The van der Waals surface area contributed by atoms with E-state index in [1.165, 1.54) is 0 Å². The highest BCUT2D eigenvalue weighted by Crippen LogP contribution is 2.14. The van der Waals surface area contributed by atoms with Crippen molar-refractivity contribution >= 4 is 11.9 Å². The number of hydrogen-bond acceptors (Lipinski definition) is 3. The van der Waals surface area contributed by atoms with Crippen LogP contribution in [0.3, 0.4) is 0 Å². The topological polar surface area (TPSA) is 101 Å². The smallest absolute Gasteiger partial charge is 0.321 e. The van der Waals surface area contributed by atoms with Crippen LogP contribution >= 0.6 is 0 Å². The summed E-state index contributed by atoms with van der Waals surface area (Å²) in [5, 5.41) is 17.4. The van der Waals surface area contributed by atoms with Crippen LogP contribution in [0, 0.1) is 5.92 Å². The van der Waals surface area contributed by atoms with Crippen molar-refractivity contribution in [2.75, 3.05) is 0 Å². The third kappa shape index (κ3) is 5.37. The molecule has 0 radical (unpaired) electrons. The van der Waals surface area contributed by atoms with Crippen molar-refractivity contribution in [3.05, 3.63) is 0 Å². The van der Waals surface area contributed by atoms with Gasteiger partial charge in [0.05, 0.1) is 5.92 Å². The molecule has 0 aromatic carbocycles. The van der Waals surface area contributed by atoms with Gasteiger partial charge in [0.25, 0.3) is 0 Å². The molecule has 0 saturated carbocycles. The Labute approximate surface area is 89.3 Å². The number of aliphatic carboxylic acids is 2. The first-order chi connectivity index (χ1) is 7.00. The van der Waals surface area contributed by atoms with Gasteiger partial charge in [-0.1, -0.05) is 32.6 Å². The van der Waals surface area contributed by atoms with Crippen LogP contribution in [0.15, 0.2) is 0 Å². The Morgan fingerprint density at radius 1 is 1.13 bits per heavy atom. The van der Waals surface area contributed by atoms with E-state index in [2.05, 4.69) is 6.92 Å². The Bertz CT molecular complexity index is 217. The van der Waals surface area contributed by atoms with Gasteiger partial charge in [-0.15, -0.1) is 0 Å². The predicted octanol–water partition coefficient (Wildman–Crippen LogP) is 1.07. The quantitative estimate of drug-likeness (QED) is 0.528. The highest BCUT2D eigenvalue weighted by Gasteiger charge is 2.29. The molecule has 15 heavy (non-hydrogen) atoms. The summed E-state index contributed by atoms with van der Waals surface area (Å²) in [6, 6.07) is -1.30. The molecule has 0 aromatic rings. The Morgan fingerprint density at radius 3 is 2.13 bits per heavy atom. The summed E-state index contributed by atoms with van der Waals surface area (Å²) >= 11 is 0. The first kappa shape index (κ1) is 13.9. The fourth-order valence-electron chi connectivity index (χ4n) is 1.42. The van der Waals surface area contributed by atoms with Crippen LogP contribution in [0.1, 0.15) is 39.0 Å². The van der Waals surface area contributed by atoms with E-state index in [1.54, 1.807) is 0 Å². The van der Waals surface area contributed by atoms with Gasteiger partial charge in [0, 0.05) is 0 Å². The molecule has 0 heterocycles. The summed E-state index contributed by atoms with van der Waals surface area (Å²) in [5.74, 6) is -3.35. The second kappa shape index (κ2) is 7.23. The van der Waals surface area contributed by atoms with Crippen LogP contribution in [0.4, 0.5) is 0 Å². The molecule has 0 aromatic heterocycles. The maximum absolute atomic E-state index is 10.8. The van der Waals surface area contributed by atoms with Crippen LogP contribution in [0.25, 0.3) is 0 Å². The van der Waals surface area contributed by atoms with E-state index in [0.29, 0.717) is 12.8 Å². The van der Waals surface area contributed by atoms with Gasteiger partial charge in [0.15, 0.2) is 0 Å². The lowest BCUT2D eigenvalue weighted by atomic mass is 9.94. The zero-order chi connectivity index (χ0) is 11.8. The standard InChI is InChI=1S/C10H19NO4/c1-2-3-4-5-6-7(9(12)13)8(11)10(14)15/h7-8H,2-6,11H2,1H3,(H,12,13)(H,14,15). The monoisotopic (exact) mass is 217 g/mol. The van der Waals surface area contributed by atoms with Crippen LogP contribution in [0.2, 0.25) is 0 Å². The highest BCUT2D eigenvalue weighted by molar-refractivity contribution is 5.82. The SMILES string of the molecule is CCCCCCC(C(=O)O)C(N)C(=O)O. The predicted molar refractivity (Wildman–Crippen MR) is 55.5 cm³/mol. The van der Waals surface area contributed by atoms with Gasteiger partial charge in [0.1, 0.15) is 6.04 Å². The Balaban J connectivity index is 4.05. The van der Waals surface area contributed by atoms with Gasteiger partial charge in [-0.2, -0.15) is 0 Å². The Kier molecular flexibility index (Phi) is 6.70. The fraction of sp³-hybridized carbons (Fsp3) is 0.800. The lowest BCUT2D eigenvalue weighted by Gasteiger charge is -2.15. The van der Waals surface area contributed by atoms with Crippen molar-refractivity contribution in [2.45, 2.75) is 45.1 Å². The normalized spacial score (nSPS) is 14.5.